The van der Waals surface area contributed by atoms with Crippen molar-refractivity contribution >= 4 is 17.5 Å². The third-order valence-corrected chi connectivity index (χ3v) is 2.66. The van der Waals surface area contributed by atoms with E-state index >= 15 is 0 Å². The minimum absolute atomic E-state index is 0.308. The molecule has 2 heterocycles. The van der Waals surface area contributed by atoms with Crippen molar-refractivity contribution in [2.45, 2.75) is 13.5 Å². The quantitative estimate of drug-likeness (QED) is 0.853. The molecule has 6 heteroatoms. The number of nitrogens with zero attached hydrogens (tertiary/aromatic N) is 3. The van der Waals surface area contributed by atoms with Gasteiger partial charge in [0.15, 0.2) is 0 Å². The third kappa shape index (κ3) is 1.89. The van der Waals surface area contributed by atoms with E-state index in [1.54, 1.807) is 29.1 Å². The molecule has 0 aliphatic heterocycles. The maximum absolute atomic E-state index is 11.0. The minimum Gasteiger partial charge on any atom is -0.477 e. The first-order valence-corrected chi connectivity index (χ1v) is 5.17. The molecule has 0 aliphatic rings. The Balaban J connectivity index is 2.33. The fraction of sp³-hybridized carbons (Fsp3) is 0.222. The summed E-state index contributed by atoms with van der Waals surface area (Å²) in [5.74, 6) is -0.916. The molecule has 5 nitrogen and oxygen atoms in total. The average Bonchev–Trinajstić information content (AvgIpc) is 2.76. The van der Waals surface area contributed by atoms with Crippen LogP contribution in [0.4, 0.5) is 0 Å². The number of hydrogen-bond donors (Lipinski definition) is 1. The van der Waals surface area contributed by atoms with E-state index in [2.05, 4.69) is 9.59 Å². The van der Waals surface area contributed by atoms with Crippen LogP contribution in [0, 0.1) is 6.92 Å². The highest BCUT2D eigenvalue weighted by molar-refractivity contribution is 7.03. The van der Waals surface area contributed by atoms with Crippen molar-refractivity contribution in [3.05, 3.63) is 34.6 Å². The molecule has 0 bridgehead atoms. The van der Waals surface area contributed by atoms with Gasteiger partial charge in [-0.2, -0.15) is 0 Å². The summed E-state index contributed by atoms with van der Waals surface area (Å²) >= 11 is 1.26. The Morgan fingerprint density at radius 3 is 3.07 bits per heavy atom. The van der Waals surface area contributed by atoms with Crippen molar-refractivity contribution in [2.24, 2.45) is 0 Å². The molecule has 0 radical (unpaired) electrons. The van der Waals surface area contributed by atoms with Gasteiger partial charge in [0.05, 0.1) is 12.2 Å². The summed E-state index contributed by atoms with van der Waals surface area (Å²) in [7, 11) is 0. The van der Waals surface area contributed by atoms with Crippen molar-refractivity contribution in [1.82, 2.24) is 14.2 Å². The van der Waals surface area contributed by atoms with Gasteiger partial charge in [0.1, 0.15) is 5.69 Å². The van der Waals surface area contributed by atoms with Gasteiger partial charge >= 0.3 is 5.97 Å². The Morgan fingerprint density at radius 2 is 2.47 bits per heavy atom. The van der Waals surface area contributed by atoms with E-state index in [-0.39, 0.29) is 0 Å². The van der Waals surface area contributed by atoms with E-state index in [4.69, 9.17) is 5.11 Å². The Bertz CT molecular complexity index is 476. The standard InChI is InChI=1S/C9H9N3O2S/c1-6-2-3-12(8(6)9(13)14)4-7-5-15-11-10-7/h2-3,5H,4H2,1H3,(H,13,14). The van der Waals surface area contributed by atoms with Crippen LogP contribution in [0.15, 0.2) is 17.6 Å². The van der Waals surface area contributed by atoms with Crippen LogP contribution in [-0.2, 0) is 6.54 Å². The van der Waals surface area contributed by atoms with E-state index in [1.807, 2.05) is 0 Å². The molecule has 0 unspecified atom stereocenters. The number of rotatable bonds is 3. The molecule has 0 atom stereocenters. The molecule has 78 valence electrons. The molecule has 0 saturated heterocycles. The van der Waals surface area contributed by atoms with Crippen molar-refractivity contribution in [2.75, 3.05) is 0 Å². The molecule has 0 aliphatic carbocycles. The van der Waals surface area contributed by atoms with E-state index in [0.29, 0.717) is 12.2 Å². The third-order valence-electron chi connectivity index (χ3n) is 2.11. The van der Waals surface area contributed by atoms with Crippen LogP contribution < -0.4 is 0 Å². The summed E-state index contributed by atoms with van der Waals surface area (Å²) in [6, 6.07) is 1.78. The van der Waals surface area contributed by atoms with Gasteiger partial charge in [-0.15, -0.1) is 5.10 Å². The summed E-state index contributed by atoms with van der Waals surface area (Å²) < 4.78 is 5.39. The lowest BCUT2D eigenvalue weighted by Crippen LogP contribution is -2.10. The Hall–Kier alpha value is -1.69. The van der Waals surface area contributed by atoms with Crippen molar-refractivity contribution in [1.29, 1.82) is 0 Å². The number of carboxylic acid groups (broad SMARTS) is 1. The summed E-state index contributed by atoms with van der Waals surface area (Å²) in [5, 5.41) is 14.7. The van der Waals surface area contributed by atoms with Gasteiger partial charge in [-0.3, -0.25) is 0 Å². The Kier molecular flexibility index (Phi) is 2.51. The van der Waals surface area contributed by atoms with E-state index in [0.717, 1.165) is 11.3 Å². The first-order valence-electron chi connectivity index (χ1n) is 4.33. The van der Waals surface area contributed by atoms with Crippen molar-refractivity contribution in [3.8, 4) is 0 Å². The predicted octanol–water partition coefficient (Wildman–Crippen LogP) is 1.39. The monoisotopic (exact) mass is 223 g/mol. The van der Waals surface area contributed by atoms with Crippen LogP contribution in [0.25, 0.3) is 0 Å². The maximum atomic E-state index is 11.0. The normalized spacial score (nSPS) is 10.5. The van der Waals surface area contributed by atoms with Crippen molar-refractivity contribution in [3.63, 3.8) is 0 Å². The van der Waals surface area contributed by atoms with E-state index in [9.17, 15) is 4.79 Å². The summed E-state index contributed by atoms with van der Waals surface area (Å²) in [6.07, 6.45) is 1.75. The van der Waals surface area contributed by atoms with Gasteiger partial charge in [-0.25, -0.2) is 4.79 Å². The molecule has 15 heavy (non-hydrogen) atoms. The largest absolute Gasteiger partial charge is 0.477 e. The second-order valence-electron chi connectivity index (χ2n) is 3.18. The first kappa shape index (κ1) is 9.85. The Morgan fingerprint density at radius 1 is 1.67 bits per heavy atom. The van der Waals surface area contributed by atoms with Gasteiger partial charge in [0.25, 0.3) is 0 Å². The molecule has 0 saturated carbocycles. The van der Waals surface area contributed by atoms with Crippen LogP contribution in [0.5, 0.6) is 0 Å². The molecule has 0 fully saturated rings. The zero-order valence-corrected chi connectivity index (χ0v) is 8.86. The van der Waals surface area contributed by atoms with E-state index < -0.39 is 5.97 Å². The number of carbonyl (C=O) groups is 1. The average molecular weight is 223 g/mol. The van der Waals surface area contributed by atoms with Crippen LogP contribution >= 0.6 is 11.5 Å². The first-order chi connectivity index (χ1) is 7.18. The highest BCUT2D eigenvalue weighted by Gasteiger charge is 2.13. The molecule has 1 N–H and O–H groups in total. The van der Waals surface area contributed by atoms with Gasteiger partial charge in [0.2, 0.25) is 0 Å². The van der Waals surface area contributed by atoms with Gasteiger partial charge in [-0.05, 0) is 30.1 Å². The smallest absolute Gasteiger partial charge is 0.352 e. The number of carboxylic acids is 1. The molecule has 2 rings (SSSR count). The summed E-state index contributed by atoms with van der Waals surface area (Å²) in [4.78, 5) is 11.0. The van der Waals surface area contributed by atoms with Gasteiger partial charge in [0, 0.05) is 11.6 Å². The molecule has 0 spiro atoms. The van der Waals surface area contributed by atoms with E-state index in [1.165, 1.54) is 11.5 Å². The number of aryl methyl sites for hydroxylation is 1. The number of hydrogen-bond acceptors (Lipinski definition) is 4. The topological polar surface area (TPSA) is 68.0 Å². The highest BCUT2D eigenvalue weighted by atomic mass is 32.1. The zero-order valence-electron chi connectivity index (χ0n) is 8.04. The molecule has 2 aromatic heterocycles. The van der Waals surface area contributed by atoms with Crippen molar-refractivity contribution < 1.29 is 9.90 Å². The zero-order chi connectivity index (χ0) is 10.8. The number of aromatic carboxylic acids is 1. The lowest BCUT2D eigenvalue weighted by Gasteiger charge is -2.03. The lowest BCUT2D eigenvalue weighted by atomic mass is 10.3. The molecule has 0 aromatic carbocycles. The minimum atomic E-state index is -0.916. The molecular formula is C9H9N3O2S. The fourth-order valence-electron chi connectivity index (χ4n) is 1.43. The highest BCUT2D eigenvalue weighted by Crippen LogP contribution is 2.12. The second-order valence-corrected chi connectivity index (χ2v) is 3.79. The van der Waals surface area contributed by atoms with Crippen LogP contribution in [0.1, 0.15) is 21.7 Å². The van der Waals surface area contributed by atoms with Gasteiger partial charge in [-0.1, -0.05) is 4.49 Å². The fourth-order valence-corrected chi connectivity index (χ4v) is 1.87. The maximum Gasteiger partial charge on any atom is 0.352 e. The molecular weight excluding hydrogens is 214 g/mol. The van der Waals surface area contributed by atoms with Crippen LogP contribution in [-0.4, -0.2) is 25.2 Å². The second kappa shape index (κ2) is 3.82. The van der Waals surface area contributed by atoms with Crippen LogP contribution in [0.3, 0.4) is 0 Å². The Labute approximate surface area is 90.1 Å². The summed E-state index contributed by atoms with van der Waals surface area (Å²) in [6.45, 7) is 2.23. The molecule has 2 aromatic rings. The predicted molar refractivity (Wildman–Crippen MR) is 55.1 cm³/mol. The SMILES string of the molecule is Cc1ccn(Cc2csnn2)c1C(=O)O. The van der Waals surface area contributed by atoms with Gasteiger partial charge < -0.3 is 9.67 Å². The molecule has 0 amide bonds. The number of aromatic nitrogens is 3. The lowest BCUT2D eigenvalue weighted by molar-refractivity contribution is 0.0685. The van der Waals surface area contributed by atoms with Crippen LogP contribution in [0.2, 0.25) is 0 Å². The summed E-state index contributed by atoms with van der Waals surface area (Å²) in [5.41, 5.74) is 1.84.